The van der Waals surface area contributed by atoms with Crippen LogP contribution >= 0.6 is 15.9 Å². The summed E-state index contributed by atoms with van der Waals surface area (Å²) in [6.07, 6.45) is 3.77. The quantitative estimate of drug-likeness (QED) is 0.856. The molecule has 2 saturated heterocycles. The second-order valence-corrected chi connectivity index (χ2v) is 5.96. The van der Waals surface area contributed by atoms with E-state index in [1.165, 1.54) is 6.07 Å². The lowest BCUT2D eigenvalue weighted by Gasteiger charge is -2.17. The van der Waals surface area contributed by atoms with Crippen LogP contribution in [0.2, 0.25) is 0 Å². The minimum atomic E-state index is -0.297. The number of hydrogen-bond donors (Lipinski definition) is 0. The third kappa shape index (κ3) is 2.24. The number of benzene rings is 1. The summed E-state index contributed by atoms with van der Waals surface area (Å²) in [5, 5.41) is 0. The molecule has 0 amide bonds. The van der Waals surface area contributed by atoms with E-state index in [1.54, 1.807) is 12.1 Å². The molecule has 0 aromatic heterocycles. The molecule has 0 N–H and O–H groups in total. The fourth-order valence-electron chi connectivity index (χ4n) is 2.96. The van der Waals surface area contributed by atoms with Crippen molar-refractivity contribution in [2.75, 3.05) is 0 Å². The highest BCUT2D eigenvalue weighted by Gasteiger charge is 2.43. The van der Waals surface area contributed by atoms with Crippen molar-refractivity contribution in [3.8, 4) is 0 Å². The first-order valence-electron chi connectivity index (χ1n) is 6.25. The van der Waals surface area contributed by atoms with Crippen molar-refractivity contribution in [3.05, 3.63) is 34.1 Å². The van der Waals surface area contributed by atoms with Gasteiger partial charge in [-0.2, -0.15) is 0 Å². The first-order chi connectivity index (χ1) is 8.63. The van der Waals surface area contributed by atoms with E-state index in [0.29, 0.717) is 17.0 Å². The van der Waals surface area contributed by atoms with Crippen molar-refractivity contribution in [2.45, 2.75) is 37.9 Å². The molecule has 2 heterocycles. The number of fused-ring (bicyclic) bond motifs is 2. The molecule has 0 spiro atoms. The van der Waals surface area contributed by atoms with E-state index in [4.69, 9.17) is 4.74 Å². The molecule has 1 aromatic carbocycles. The maximum atomic E-state index is 13.1. The van der Waals surface area contributed by atoms with Crippen LogP contribution in [0, 0.1) is 11.7 Å². The molecule has 3 unspecified atom stereocenters. The van der Waals surface area contributed by atoms with E-state index >= 15 is 0 Å². The van der Waals surface area contributed by atoms with E-state index < -0.39 is 0 Å². The average Bonchev–Trinajstić information content (AvgIpc) is 2.96. The smallest absolute Gasteiger partial charge is 0.143 e. The predicted octanol–water partition coefficient (Wildman–Crippen LogP) is 3.27. The summed E-state index contributed by atoms with van der Waals surface area (Å²) in [4.78, 5) is 12.2. The predicted molar refractivity (Wildman–Crippen MR) is 68.8 cm³/mol. The van der Waals surface area contributed by atoms with E-state index in [-0.39, 0.29) is 23.6 Å². The van der Waals surface area contributed by atoms with Gasteiger partial charge >= 0.3 is 0 Å². The molecule has 2 nitrogen and oxygen atoms in total. The number of hydrogen-bond acceptors (Lipinski definition) is 2. The Labute approximate surface area is 114 Å². The van der Waals surface area contributed by atoms with Crippen molar-refractivity contribution in [3.63, 3.8) is 0 Å². The van der Waals surface area contributed by atoms with Crippen LogP contribution in [0.25, 0.3) is 0 Å². The van der Waals surface area contributed by atoms with Crippen LogP contribution in [0.1, 0.15) is 24.8 Å². The molecular formula is C14H14BrFO2. The van der Waals surface area contributed by atoms with Crippen LogP contribution in [0.5, 0.6) is 0 Å². The molecule has 0 aliphatic carbocycles. The number of ketones is 1. The number of carbonyl (C=O) groups excluding carboxylic acids is 1. The zero-order valence-electron chi connectivity index (χ0n) is 9.86. The van der Waals surface area contributed by atoms with Crippen molar-refractivity contribution in [1.82, 2.24) is 0 Å². The minimum Gasteiger partial charge on any atom is -0.374 e. The Morgan fingerprint density at radius 3 is 2.89 bits per heavy atom. The molecule has 2 fully saturated rings. The largest absolute Gasteiger partial charge is 0.374 e. The van der Waals surface area contributed by atoms with Crippen LogP contribution in [-0.4, -0.2) is 18.0 Å². The topological polar surface area (TPSA) is 26.3 Å². The molecule has 2 aliphatic rings. The third-order valence-corrected chi connectivity index (χ3v) is 4.49. The number of carbonyl (C=O) groups is 1. The fraction of sp³-hybridized carbons (Fsp3) is 0.500. The lowest BCUT2D eigenvalue weighted by atomic mass is 9.84. The molecule has 0 radical (unpaired) electrons. The van der Waals surface area contributed by atoms with Gasteiger partial charge in [0.05, 0.1) is 16.7 Å². The van der Waals surface area contributed by atoms with Gasteiger partial charge in [-0.15, -0.1) is 0 Å². The van der Waals surface area contributed by atoms with Gasteiger partial charge in [-0.1, -0.05) is 6.07 Å². The fourth-order valence-corrected chi connectivity index (χ4v) is 3.38. The van der Waals surface area contributed by atoms with E-state index in [9.17, 15) is 9.18 Å². The Hall–Kier alpha value is -0.740. The molecule has 2 aliphatic heterocycles. The van der Waals surface area contributed by atoms with Crippen LogP contribution < -0.4 is 0 Å². The summed E-state index contributed by atoms with van der Waals surface area (Å²) in [7, 11) is 0. The van der Waals surface area contributed by atoms with Crippen LogP contribution in [0.3, 0.4) is 0 Å². The van der Waals surface area contributed by atoms with Crippen molar-refractivity contribution in [1.29, 1.82) is 0 Å². The van der Waals surface area contributed by atoms with E-state index in [1.807, 2.05) is 0 Å². The van der Waals surface area contributed by atoms with E-state index in [0.717, 1.165) is 24.8 Å². The van der Waals surface area contributed by atoms with Gasteiger partial charge < -0.3 is 4.74 Å². The van der Waals surface area contributed by atoms with Gasteiger partial charge in [-0.3, -0.25) is 4.79 Å². The third-order valence-electron chi connectivity index (χ3n) is 3.88. The summed E-state index contributed by atoms with van der Waals surface area (Å²) < 4.78 is 19.2. The van der Waals surface area contributed by atoms with Crippen LogP contribution in [0.4, 0.5) is 4.39 Å². The second-order valence-electron chi connectivity index (χ2n) is 5.11. The highest BCUT2D eigenvalue weighted by atomic mass is 79.9. The molecule has 96 valence electrons. The molecule has 4 heteroatoms. The monoisotopic (exact) mass is 312 g/mol. The minimum absolute atomic E-state index is 0.0487. The average molecular weight is 313 g/mol. The highest BCUT2D eigenvalue weighted by Crippen LogP contribution is 2.39. The lowest BCUT2D eigenvalue weighted by molar-refractivity contribution is -0.123. The summed E-state index contributed by atoms with van der Waals surface area (Å²) in [6.45, 7) is 0. The molecule has 3 atom stereocenters. The molecule has 2 bridgehead atoms. The molecule has 18 heavy (non-hydrogen) atoms. The number of halogens is 2. The highest BCUT2D eigenvalue weighted by molar-refractivity contribution is 9.10. The number of Topliss-reactive ketones (excluding diaryl/α,β-unsaturated/α-hetero) is 1. The first kappa shape index (κ1) is 12.3. The zero-order chi connectivity index (χ0) is 12.7. The van der Waals surface area contributed by atoms with Gasteiger partial charge in [0.2, 0.25) is 0 Å². The Morgan fingerprint density at radius 2 is 2.28 bits per heavy atom. The molecular weight excluding hydrogens is 299 g/mol. The van der Waals surface area contributed by atoms with Gasteiger partial charge in [-0.05, 0) is 52.9 Å². The Morgan fingerprint density at radius 1 is 1.44 bits per heavy atom. The summed E-state index contributed by atoms with van der Waals surface area (Å²) in [5.74, 6) is -0.0252. The van der Waals surface area contributed by atoms with Gasteiger partial charge in [0.15, 0.2) is 0 Å². The first-order valence-corrected chi connectivity index (χ1v) is 7.05. The maximum absolute atomic E-state index is 13.1. The zero-order valence-corrected chi connectivity index (χ0v) is 11.5. The Bertz CT molecular complexity index is 489. The standard InChI is InChI=1S/C14H14BrFO2/c15-11-5-8(1-3-12(11)16)6-13(17)10-7-9-2-4-14(10)18-9/h1,3,5,9-10,14H,2,4,6-7H2. The van der Waals surface area contributed by atoms with E-state index in [2.05, 4.69) is 15.9 Å². The Balaban J connectivity index is 1.69. The second kappa shape index (κ2) is 4.74. The van der Waals surface area contributed by atoms with Crippen molar-refractivity contribution >= 4 is 21.7 Å². The normalized spacial score (nSPS) is 29.8. The van der Waals surface area contributed by atoms with Gasteiger partial charge in [0, 0.05) is 12.3 Å². The summed E-state index contributed by atoms with van der Waals surface area (Å²) in [6, 6.07) is 4.75. The van der Waals surface area contributed by atoms with Crippen LogP contribution in [0.15, 0.2) is 22.7 Å². The molecule has 1 aromatic rings. The molecule has 3 rings (SSSR count). The summed E-state index contributed by atoms with van der Waals surface area (Å²) in [5.41, 5.74) is 0.857. The van der Waals surface area contributed by atoms with Gasteiger partial charge in [-0.25, -0.2) is 4.39 Å². The van der Waals surface area contributed by atoms with Crippen LogP contribution in [-0.2, 0) is 16.0 Å². The Kier molecular flexibility index (Phi) is 3.24. The van der Waals surface area contributed by atoms with Crippen molar-refractivity contribution in [2.24, 2.45) is 5.92 Å². The number of ether oxygens (including phenoxy) is 1. The summed E-state index contributed by atoms with van der Waals surface area (Å²) >= 11 is 3.14. The maximum Gasteiger partial charge on any atom is 0.143 e. The lowest BCUT2D eigenvalue weighted by Crippen LogP contribution is -2.26. The SMILES string of the molecule is O=C(Cc1ccc(F)c(Br)c1)C1CC2CCC1O2. The van der Waals surface area contributed by atoms with Gasteiger partial charge in [0.1, 0.15) is 11.6 Å². The van der Waals surface area contributed by atoms with Gasteiger partial charge in [0.25, 0.3) is 0 Å². The molecule has 0 saturated carbocycles. The number of rotatable bonds is 3. The van der Waals surface area contributed by atoms with Crippen molar-refractivity contribution < 1.29 is 13.9 Å².